The van der Waals surface area contributed by atoms with Crippen molar-refractivity contribution in [2.45, 2.75) is 26.4 Å². The molecular weight excluding hydrogens is 385 g/mol. The molecule has 0 aliphatic heterocycles. The monoisotopic (exact) mass is 405 g/mol. The Morgan fingerprint density at radius 3 is 2.63 bits per heavy atom. The Morgan fingerprint density at radius 2 is 1.90 bits per heavy atom. The van der Waals surface area contributed by atoms with E-state index in [1.54, 1.807) is 12.1 Å². The molecule has 0 saturated carbocycles. The zero-order valence-electron chi connectivity index (χ0n) is 16.5. The Hall–Kier alpha value is -3.81. The smallest absolute Gasteiger partial charge is 0.264 e. The minimum Gasteiger partial charge on any atom is -0.348 e. The molecule has 0 aliphatic carbocycles. The minimum atomic E-state index is -0.368. The van der Waals surface area contributed by atoms with Crippen molar-refractivity contribution in [3.05, 3.63) is 88.4 Å². The molecule has 0 radical (unpaired) electrons. The minimum absolute atomic E-state index is 0.153. The summed E-state index contributed by atoms with van der Waals surface area (Å²) < 4.78 is 15.9. The molecule has 4 aromatic rings. The van der Waals surface area contributed by atoms with E-state index in [0.717, 1.165) is 11.1 Å². The molecule has 0 aliphatic rings. The van der Waals surface area contributed by atoms with Gasteiger partial charge < -0.3 is 5.32 Å². The van der Waals surface area contributed by atoms with Crippen LogP contribution in [0.1, 0.15) is 24.1 Å². The third-order valence-corrected chi connectivity index (χ3v) is 4.97. The second-order valence-corrected chi connectivity index (χ2v) is 7.09. The van der Waals surface area contributed by atoms with Gasteiger partial charge in [0, 0.05) is 0 Å². The van der Waals surface area contributed by atoms with Crippen molar-refractivity contribution >= 4 is 16.9 Å². The first kappa shape index (κ1) is 19.5. The number of hydrogen-bond donors (Lipinski definition) is 1. The number of hydrogen-bond acceptors (Lipinski definition) is 4. The molecule has 0 saturated heterocycles. The van der Waals surface area contributed by atoms with Crippen molar-refractivity contribution in [2.24, 2.45) is 0 Å². The molecular formula is C22H20FN5O2. The van der Waals surface area contributed by atoms with Crippen molar-refractivity contribution in [1.82, 2.24) is 24.6 Å². The summed E-state index contributed by atoms with van der Waals surface area (Å²) in [5, 5.41) is 7.39. The zero-order chi connectivity index (χ0) is 21.3. The average molecular weight is 405 g/mol. The number of fused-ring (bicyclic) bond motifs is 1. The van der Waals surface area contributed by atoms with Gasteiger partial charge in [-0.1, -0.05) is 24.3 Å². The van der Waals surface area contributed by atoms with Crippen LogP contribution in [0.2, 0.25) is 0 Å². The maximum atomic E-state index is 13.2. The number of aromatic nitrogens is 4. The number of halogens is 1. The molecule has 2 heterocycles. The van der Waals surface area contributed by atoms with E-state index in [-0.39, 0.29) is 35.3 Å². The van der Waals surface area contributed by atoms with Gasteiger partial charge in [-0.3, -0.25) is 14.2 Å². The van der Waals surface area contributed by atoms with E-state index in [9.17, 15) is 14.0 Å². The number of nitrogens with one attached hydrogen (secondary N) is 1. The summed E-state index contributed by atoms with van der Waals surface area (Å²) >= 11 is 0. The summed E-state index contributed by atoms with van der Waals surface area (Å²) in [6.45, 7) is 3.73. The molecule has 30 heavy (non-hydrogen) atoms. The highest BCUT2D eigenvalue weighted by atomic mass is 19.1. The first-order valence-corrected chi connectivity index (χ1v) is 9.48. The molecule has 8 heteroatoms. The Labute approximate surface area is 171 Å². The van der Waals surface area contributed by atoms with Crippen LogP contribution in [0.25, 0.3) is 16.7 Å². The van der Waals surface area contributed by atoms with Gasteiger partial charge in [0.25, 0.3) is 5.56 Å². The average Bonchev–Trinajstić information content (AvgIpc) is 3.16. The van der Waals surface area contributed by atoms with Crippen molar-refractivity contribution in [3.8, 4) is 5.69 Å². The Morgan fingerprint density at radius 1 is 1.17 bits per heavy atom. The molecule has 2 aromatic carbocycles. The highest BCUT2D eigenvalue weighted by Crippen LogP contribution is 2.17. The molecule has 1 atom stereocenters. The number of rotatable bonds is 5. The second-order valence-electron chi connectivity index (χ2n) is 7.09. The second kappa shape index (κ2) is 7.90. The Balaban J connectivity index is 1.56. The van der Waals surface area contributed by atoms with Crippen molar-refractivity contribution in [1.29, 1.82) is 0 Å². The molecule has 152 valence electrons. The van der Waals surface area contributed by atoms with Crippen LogP contribution in [0.5, 0.6) is 0 Å². The Kier molecular flexibility index (Phi) is 5.14. The molecule has 2 aromatic heterocycles. The molecule has 1 N–H and O–H groups in total. The summed E-state index contributed by atoms with van der Waals surface area (Å²) in [7, 11) is 0. The topological polar surface area (TPSA) is 81.8 Å². The summed E-state index contributed by atoms with van der Waals surface area (Å²) in [4.78, 5) is 29.6. The third-order valence-electron chi connectivity index (χ3n) is 4.97. The fourth-order valence-electron chi connectivity index (χ4n) is 3.42. The largest absolute Gasteiger partial charge is 0.348 e. The van der Waals surface area contributed by atoms with E-state index in [2.05, 4.69) is 15.4 Å². The number of aryl methyl sites for hydroxylation is 1. The summed E-state index contributed by atoms with van der Waals surface area (Å²) in [5.74, 6) is -0.656. The van der Waals surface area contributed by atoms with Crippen molar-refractivity contribution in [2.75, 3.05) is 0 Å². The van der Waals surface area contributed by atoms with Gasteiger partial charge in [-0.05, 0) is 49.2 Å². The fourth-order valence-corrected chi connectivity index (χ4v) is 3.42. The van der Waals surface area contributed by atoms with Gasteiger partial charge in [0.15, 0.2) is 5.65 Å². The number of amides is 1. The predicted molar refractivity (Wildman–Crippen MR) is 111 cm³/mol. The van der Waals surface area contributed by atoms with E-state index in [1.165, 1.54) is 33.9 Å². The van der Waals surface area contributed by atoms with Crippen LogP contribution >= 0.6 is 0 Å². The predicted octanol–water partition coefficient (Wildman–Crippen LogP) is 2.91. The van der Waals surface area contributed by atoms with Crippen LogP contribution in [-0.2, 0) is 11.3 Å². The summed E-state index contributed by atoms with van der Waals surface area (Å²) in [5.41, 5.74) is 2.66. The van der Waals surface area contributed by atoms with Gasteiger partial charge >= 0.3 is 0 Å². The van der Waals surface area contributed by atoms with E-state index < -0.39 is 0 Å². The number of carbonyl (C=O) groups excluding carboxylic acids is 1. The standard InChI is InChI=1S/C22H20FN5O2/c1-14-5-3-4-6-18(14)15(2)26-20(29)12-27-13-24-21-19(22(27)30)11-25-28(21)17-9-7-16(23)8-10-17/h3-11,13,15H,12H2,1-2H3,(H,26,29). The van der Waals surface area contributed by atoms with Crippen LogP contribution in [0.4, 0.5) is 4.39 Å². The highest BCUT2D eigenvalue weighted by Gasteiger charge is 2.15. The van der Waals surface area contributed by atoms with E-state index in [1.807, 2.05) is 38.1 Å². The van der Waals surface area contributed by atoms with Crippen molar-refractivity contribution < 1.29 is 9.18 Å². The normalized spacial score (nSPS) is 12.1. The summed E-state index contributed by atoms with van der Waals surface area (Å²) in [6.07, 6.45) is 2.72. The third kappa shape index (κ3) is 3.71. The van der Waals surface area contributed by atoms with Crippen LogP contribution in [0.3, 0.4) is 0 Å². The molecule has 1 unspecified atom stereocenters. The molecule has 0 bridgehead atoms. The molecule has 1 amide bonds. The lowest BCUT2D eigenvalue weighted by atomic mass is 10.0. The van der Waals surface area contributed by atoms with Crippen LogP contribution < -0.4 is 10.9 Å². The van der Waals surface area contributed by atoms with Crippen molar-refractivity contribution in [3.63, 3.8) is 0 Å². The van der Waals surface area contributed by atoms with E-state index in [0.29, 0.717) is 11.3 Å². The molecule has 0 spiro atoms. The lowest BCUT2D eigenvalue weighted by Crippen LogP contribution is -2.34. The van der Waals surface area contributed by atoms with Crippen LogP contribution in [-0.4, -0.2) is 25.2 Å². The van der Waals surface area contributed by atoms with Crippen LogP contribution in [0, 0.1) is 12.7 Å². The SMILES string of the molecule is Cc1ccccc1C(C)NC(=O)Cn1cnc2c(cnn2-c2ccc(F)cc2)c1=O. The van der Waals surface area contributed by atoms with Gasteiger partial charge in [0.05, 0.1) is 17.9 Å². The maximum absolute atomic E-state index is 13.2. The van der Waals surface area contributed by atoms with E-state index >= 15 is 0 Å². The zero-order valence-corrected chi connectivity index (χ0v) is 16.5. The Bertz CT molecular complexity index is 1280. The lowest BCUT2D eigenvalue weighted by Gasteiger charge is -2.17. The maximum Gasteiger partial charge on any atom is 0.264 e. The number of nitrogens with zero attached hydrogens (tertiary/aromatic N) is 4. The van der Waals surface area contributed by atoms with Gasteiger partial charge in [-0.25, -0.2) is 14.1 Å². The highest BCUT2D eigenvalue weighted by molar-refractivity contribution is 5.78. The van der Waals surface area contributed by atoms with E-state index in [4.69, 9.17) is 0 Å². The molecule has 7 nitrogen and oxygen atoms in total. The van der Waals surface area contributed by atoms with Gasteiger partial charge in [0.1, 0.15) is 24.1 Å². The van der Waals surface area contributed by atoms with Gasteiger partial charge in [-0.2, -0.15) is 5.10 Å². The lowest BCUT2D eigenvalue weighted by molar-refractivity contribution is -0.122. The van der Waals surface area contributed by atoms with Gasteiger partial charge in [-0.15, -0.1) is 0 Å². The first-order valence-electron chi connectivity index (χ1n) is 9.48. The quantitative estimate of drug-likeness (QED) is 0.554. The number of carbonyl (C=O) groups is 1. The van der Waals surface area contributed by atoms with Crippen LogP contribution in [0.15, 0.2) is 65.8 Å². The molecule has 4 rings (SSSR count). The molecule has 0 fully saturated rings. The summed E-state index contributed by atoms with van der Waals surface area (Å²) in [6, 6.07) is 13.3. The first-order chi connectivity index (χ1) is 14.4. The van der Waals surface area contributed by atoms with Gasteiger partial charge in [0.2, 0.25) is 5.91 Å². The fraction of sp³-hybridized carbons (Fsp3) is 0.182. The number of benzene rings is 2.